The van der Waals surface area contributed by atoms with E-state index in [1.54, 1.807) is 6.07 Å². The lowest BCUT2D eigenvalue weighted by Gasteiger charge is -2.34. The predicted molar refractivity (Wildman–Crippen MR) is 140 cm³/mol. The summed E-state index contributed by atoms with van der Waals surface area (Å²) in [5.41, 5.74) is -0.0396. The van der Waals surface area contributed by atoms with Crippen LogP contribution in [0.3, 0.4) is 0 Å². The van der Waals surface area contributed by atoms with E-state index in [0.29, 0.717) is 31.9 Å². The van der Waals surface area contributed by atoms with Crippen LogP contribution in [0.2, 0.25) is 0 Å². The van der Waals surface area contributed by atoms with Crippen LogP contribution in [0, 0.1) is 11.6 Å². The van der Waals surface area contributed by atoms with E-state index in [9.17, 15) is 22.0 Å². The summed E-state index contributed by atoms with van der Waals surface area (Å²) in [6, 6.07) is 3.82. The van der Waals surface area contributed by atoms with Crippen molar-refractivity contribution in [3.05, 3.63) is 64.9 Å². The van der Waals surface area contributed by atoms with Crippen LogP contribution >= 0.6 is 0 Å². The van der Waals surface area contributed by atoms with Gasteiger partial charge in [-0.2, -0.15) is 13.2 Å². The first-order chi connectivity index (χ1) is 19.0. The molecular weight excluding hydrogens is 531 g/mol. The van der Waals surface area contributed by atoms with Crippen LogP contribution in [-0.2, 0) is 19.1 Å². The van der Waals surface area contributed by atoms with Crippen molar-refractivity contribution in [1.82, 2.24) is 24.8 Å². The minimum Gasteiger partial charge on any atom is -0.486 e. The number of nitrogens with zero attached hydrogens (tertiary/aromatic N) is 6. The Labute approximate surface area is 229 Å². The molecule has 0 unspecified atom stereocenters. The SMILES string of the molecule is CC(C)N1CCOc2c(F)cc(-c3nc(Cc4cc(C(F)(F)F)c(CN5CCN(C)CC5)cn4)ncc3F)cc21. The Bertz CT molecular complexity index is 1370. The van der Waals surface area contributed by atoms with E-state index in [4.69, 9.17) is 4.74 Å². The number of pyridine rings is 1. The molecule has 40 heavy (non-hydrogen) atoms. The lowest BCUT2D eigenvalue weighted by atomic mass is 10.1. The van der Waals surface area contributed by atoms with Crippen molar-refractivity contribution < 1.29 is 26.7 Å². The van der Waals surface area contributed by atoms with Gasteiger partial charge in [0, 0.05) is 56.2 Å². The number of piperazine rings is 1. The van der Waals surface area contributed by atoms with E-state index in [1.165, 1.54) is 6.20 Å². The number of anilines is 1. The van der Waals surface area contributed by atoms with Crippen LogP contribution < -0.4 is 9.64 Å². The van der Waals surface area contributed by atoms with Gasteiger partial charge < -0.3 is 14.5 Å². The maximum Gasteiger partial charge on any atom is 0.416 e. The predicted octanol–water partition coefficient (Wildman–Crippen LogP) is 4.78. The van der Waals surface area contributed by atoms with E-state index in [1.807, 2.05) is 30.7 Å². The van der Waals surface area contributed by atoms with Crippen molar-refractivity contribution in [2.24, 2.45) is 0 Å². The van der Waals surface area contributed by atoms with Gasteiger partial charge in [0.05, 0.1) is 30.4 Å². The van der Waals surface area contributed by atoms with Gasteiger partial charge in [-0.1, -0.05) is 0 Å². The van der Waals surface area contributed by atoms with E-state index in [2.05, 4.69) is 19.9 Å². The monoisotopic (exact) mass is 562 g/mol. The van der Waals surface area contributed by atoms with Crippen molar-refractivity contribution >= 4 is 5.69 Å². The van der Waals surface area contributed by atoms with Crippen molar-refractivity contribution in [1.29, 1.82) is 0 Å². The Morgan fingerprint density at radius 1 is 0.950 bits per heavy atom. The third kappa shape index (κ3) is 6.02. The Balaban J connectivity index is 1.43. The molecule has 0 atom stereocenters. The minimum atomic E-state index is -4.57. The summed E-state index contributed by atoms with van der Waals surface area (Å²) < 4.78 is 77.4. The molecule has 3 aromatic rings. The number of fused-ring (bicyclic) bond motifs is 1. The summed E-state index contributed by atoms with van der Waals surface area (Å²) in [5, 5.41) is 0. The topological polar surface area (TPSA) is 57.6 Å². The average molecular weight is 563 g/mol. The molecule has 5 rings (SSSR count). The normalized spacial score (nSPS) is 16.8. The third-order valence-corrected chi connectivity index (χ3v) is 7.28. The van der Waals surface area contributed by atoms with Crippen molar-refractivity contribution in [2.75, 3.05) is 51.3 Å². The summed E-state index contributed by atoms with van der Waals surface area (Å²) in [7, 11) is 1.98. The van der Waals surface area contributed by atoms with Gasteiger partial charge in [-0.05, 0) is 44.7 Å². The van der Waals surface area contributed by atoms with Gasteiger partial charge in [0.2, 0.25) is 0 Å². The number of halogens is 5. The zero-order chi connectivity index (χ0) is 28.6. The molecule has 1 saturated heterocycles. The molecule has 0 aliphatic carbocycles. The molecule has 2 aromatic heterocycles. The molecule has 0 N–H and O–H groups in total. The van der Waals surface area contributed by atoms with Crippen LogP contribution in [0.5, 0.6) is 5.75 Å². The standard InChI is InChI=1S/C28H31F5N6O/c1-17(2)39-8-9-40-27-22(29)10-18(11-24(27)39)26-23(30)15-35-25(36-26)13-20-12-21(28(31,32)33)19(14-34-20)16-38-6-4-37(3)5-7-38/h10-12,14-15,17H,4-9,13,16H2,1-3H3. The Kier molecular flexibility index (Phi) is 7.92. The first-order valence-electron chi connectivity index (χ1n) is 13.2. The lowest BCUT2D eigenvalue weighted by Crippen LogP contribution is -2.44. The number of aromatic nitrogens is 3. The number of rotatable bonds is 6. The van der Waals surface area contributed by atoms with Gasteiger partial charge in [-0.25, -0.2) is 18.7 Å². The summed E-state index contributed by atoms with van der Waals surface area (Å²) in [6.45, 7) is 7.86. The highest BCUT2D eigenvalue weighted by molar-refractivity contribution is 5.72. The van der Waals surface area contributed by atoms with E-state index < -0.39 is 23.4 Å². The van der Waals surface area contributed by atoms with Crippen molar-refractivity contribution in [2.45, 2.75) is 39.0 Å². The highest BCUT2D eigenvalue weighted by atomic mass is 19.4. The van der Waals surface area contributed by atoms with Gasteiger partial charge in [0.25, 0.3) is 0 Å². The summed E-state index contributed by atoms with van der Waals surface area (Å²) in [4.78, 5) is 18.6. The number of likely N-dealkylation sites (N-methyl/N-ethyl adjacent to an activating group) is 1. The number of hydrogen-bond acceptors (Lipinski definition) is 7. The van der Waals surface area contributed by atoms with Gasteiger partial charge in [-0.15, -0.1) is 0 Å². The molecule has 7 nitrogen and oxygen atoms in total. The van der Waals surface area contributed by atoms with Gasteiger partial charge >= 0.3 is 6.18 Å². The van der Waals surface area contributed by atoms with E-state index in [0.717, 1.165) is 31.4 Å². The molecule has 214 valence electrons. The highest BCUT2D eigenvalue weighted by Gasteiger charge is 2.35. The zero-order valence-corrected chi connectivity index (χ0v) is 22.6. The van der Waals surface area contributed by atoms with Gasteiger partial charge in [0.15, 0.2) is 17.4 Å². The Hall–Kier alpha value is -3.38. The maximum absolute atomic E-state index is 15.0. The molecule has 1 fully saturated rings. The second-order valence-electron chi connectivity index (χ2n) is 10.5. The molecule has 0 amide bonds. The first kappa shape index (κ1) is 28.2. The second kappa shape index (κ2) is 11.2. The second-order valence-corrected chi connectivity index (χ2v) is 10.5. The highest BCUT2D eigenvalue weighted by Crippen LogP contribution is 2.39. The average Bonchev–Trinajstić information content (AvgIpc) is 2.91. The molecule has 0 spiro atoms. The molecule has 4 heterocycles. The number of hydrogen-bond donors (Lipinski definition) is 0. The molecule has 2 aliphatic rings. The number of ether oxygens (including phenoxy) is 1. The molecule has 2 aliphatic heterocycles. The van der Waals surface area contributed by atoms with Gasteiger partial charge in [-0.3, -0.25) is 9.88 Å². The third-order valence-electron chi connectivity index (χ3n) is 7.28. The first-order valence-corrected chi connectivity index (χ1v) is 13.2. The zero-order valence-electron chi connectivity index (χ0n) is 22.6. The van der Waals surface area contributed by atoms with Crippen LogP contribution in [-0.4, -0.2) is 77.2 Å². The van der Waals surface area contributed by atoms with Crippen LogP contribution in [0.25, 0.3) is 11.3 Å². The maximum atomic E-state index is 15.0. The Morgan fingerprint density at radius 3 is 2.40 bits per heavy atom. The minimum absolute atomic E-state index is 0.0521. The molecule has 1 aromatic carbocycles. The van der Waals surface area contributed by atoms with Crippen molar-refractivity contribution in [3.63, 3.8) is 0 Å². The number of benzene rings is 1. The fraction of sp³-hybridized carbons (Fsp3) is 0.464. The molecule has 0 saturated carbocycles. The molecule has 0 radical (unpaired) electrons. The largest absolute Gasteiger partial charge is 0.486 e. The fourth-order valence-corrected chi connectivity index (χ4v) is 5.09. The molecular formula is C28H31F5N6O. The smallest absolute Gasteiger partial charge is 0.416 e. The van der Waals surface area contributed by atoms with Crippen LogP contribution in [0.15, 0.2) is 30.6 Å². The summed E-state index contributed by atoms with van der Waals surface area (Å²) in [6.07, 6.45) is -2.53. The number of alkyl halides is 3. The molecule has 12 heteroatoms. The Morgan fingerprint density at radius 2 is 1.70 bits per heavy atom. The van der Waals surface area contributed by atoms with Crippen LogP contribution in [0.4, 0.5) is 27.6 Å². The lowest BCUT2D eigenvalue weighted by molar-refractivity contribution is -0.138. The van der Waals surface area contributed by atoms with Gasteiger partial charge in [0.1, 0.15) is 18.1 Å². The van der Waals surface area contributed by atoms with E-state index >= 15 is 0 Å². The fourth-order valence-electron chi connectivity index (χ4n) is 5.09. The molecule has 0 bridgehead atoms. The summed E-state index contributed by atoms with van der Waals surface area (Å²) >= 11 is 0. The summed E-state index contributed by atoms with van der Waals surface area (Å²) in [5.74, 6) is -1.26. The van der Waals surface area contributed by atoms with Crippen LogP contribution in [0.1, 0.15) is 36.5 Å². The quantitative estimate of drug-likeness (QED) is 0.401. The van der Waals surface area contributed by atoms with E-state index in [-0.39, 0.29) is 53.1 Å². The van der Waals surface area contributed by atoms with Crippen molar-refractivity contribution in [3.8, 4) is 17.0 Å².